The molecule has 2 aromatic heterocycles. The van der Waals surface area contributed by atoms with Crippen LogP contribution in [0.5, 0.6) is 0 Å². The molecule has 150 valence electrons. The van der Waals surface area contributed by atoms with Crippen molar-refractivity contribution in [3.63, 3.8) is 0 Å². The van der Waals surface area contributed by atoms with Crippen molar-refractivity contribution in [2.45, 2.75) is 31.8 Å². The molecule has 1 saturated heterocycles. The van der Waals surface area contributed by atoms with Gasteiger partial charge in [0.1, 0.15) is 12.2 Å². The lowest BCUT2D eigenvalue weighted by Gasteiger charge is -2.27. The van der Waals surface area contributed by atoms with Crippen LogP contribution >= 0.6 is 0 Å². The number of carbonyl (C=O) groups is 2. The second kappa shape index (κ2) is 8.43. The van der Waals surface area contributed by atoms with E-state index in [2.05, 4.69) is 10.1 Å². The SMILES string of the molecule is CN(C(=O)c1nccc2ccccc12)[C@@H]1CCCN(C(=O)Cn2cccn2)CC1. The van der Waals surface area contributed by atoms with Crippen LogP contribution in [0.15, 0.2) is 55.0 Å². The van der Waals surface area contributed by atoms with Gasteiger partial charge in [0.2, 0.25) is 5.91 Å². The molecule has 29 heavy (non-hydrogen) atoms. The Bertz CT molecular complexity index is 996. The molecule has 0 bridgehead atoms. The first-order valence-corrected chi connectivity index (χ1v) is 9.99. The predicted molar refractivity (Wildman–Crippen MR) is 110 cm³/mol. The molecule has 0 spiro atoms. The van der Waals surface area contributed by atoms with Gasteiger partial charge in [0.15, 0.2) is 0 Å². The molecule has 4 rings (SSSR count). The minimum Gasteiger partial charge on any atom is -0.341 e. The van der Waals surface area contributed by atoms with Gasteiger partial charge >= 0.3 is 0 Å². The summed E-state index contributed by atoms with van der Waals surface area (Å²) in [6, 6.07) is 11.6. The third-order valence-corrected chi connectivity index (χ3v) is 5.65. The van der Waals surface area contributed by atoms with Crippen molar-refractivity contribution in [3.8, 4) is 0 Å². The van der Waals surface area contributed by atoms with Crippen molar-refractivity contribution in [1.82, 2.24) is 24.6 Å². The van der Waals surface area contributed by atoms with Crippen LogP contribution in [0.4, 0.5) is 0 Å². The second-order valence-electron chi connectivity index (χ2n) is 7.47. The average Bonchev–Trinajstić information content (AvgIpc) is 3.13. The quantitative estimate of drug-likeness (QED) is 0.685. The first-order valence-electron chi connectivity index (χ1n) is 9.99. The van der Waals surface area contributed by atoms with Gasteiger partial charge in [-0.05, 0) is 36.8 Å². The molecule has 1 aromatic carbocycles. The monoisotopic (exact) mass is 391 g/mol. The fourth-order valence-electron chi connectivity index (χ4n) is 3.97. The molecular weight excluding hydrogens is 366 g/mol. The number of carbonyl (C=O) groups excluding carboxylic acids is 2. The maximum Gasteiger partial charge on any atom is 0.273 e. The van der Waals surface area contributed by atoms with E-state index >= 15 is 0 Å². The van der Waals surface area contributed by atoms with Gasteiger partial charge < -0.3 is 9.80 Å². The van der Waals surface area contributed by atoms with Crippen LogP contribution in [0.25, 0.3) is 10.8 Å². The lowest BCUT2D eigenvalue weighted by Crippen LogP contribution is -2.39. The van der Waals surface area contributed by atoms with Crippen molar-refractivity contribution >= 4 is 22.6 Å². The van der Waals surface area contributed by atoms with Crippen molar-refractivity contribution in [2.75, 3.05) is 20.1 Å². The van der Waals surface area contributed by atoms with Crippen LogP contribution in [-0.4, -0.2) is 62.6 Å². The minimum atomic E-state index is -0.0666. The average molecular weight is 391 g/mol. The number of benzene rings is 1. The summed E-state index contributed by atoms with van der Waals surface area (Å²) < 4.78 is 1.65. The van der Waals surface area contributed by atoms with Crippen molar-refractivity contribution in [2.24, 2.45) is 0 Å². The zero-order valence-electron chi connectivity index (χ0n) is 16.6. The van der Waals surface area contributed by atoms with Gasteiger partial charge in [0.25, 0.3) is 5.91 Å². The van der Waals surface area contributed by atoms with Gasteiger partial charge in [-0.3, -0.25) is 19.3 Å². The van der Waals surface area contributed by atoms with Crippen LogP contribution in [0.2, 0.25) is 0 Å². The fourth-order valence-corrected chi connectivity index (χ4v) is 3.97. The lowest BCUT2D eigenvalue weighted by molar-refractivity contribution is -0.132. The summed E-state index contributed by atoms with van der Waals surface area (Å²) in [6.07, 6.45) is 7.66. The molecule has 0 unspecified atom stereocenters. The second-order valence-corrected chi connectivity index (χ2v) is 7.47. The number of likely N-dealkylation sites (tertiary alicyclic amines) is 1. The molecule has 1 aliphatic heterocycles. The smallest absolute Gasteiger partial charge is 0.273 e. The maximum absolute atomic E-state index is 13.2. The number of hydrogen-bond donors (Lipinski definition) is 0. The predicted octanol–water partition coefficient (Wildman–Crippen LogP) is 2.58. The molecule has 1 aliphatic rings. The van der Waals surface area contributed by atoms with Crippen LogP contribution in [0.3, 0.4) is 0 Å². The van der Waals surface area contributed by atoms with Gasteiger partial charge in [-0.2, -0.15) is 5.10 Å². The highest BCUT2D eigenvalue weighted by Gasteiger charge is 2.27. The summed E-state index contributed by atoms with van der Waals surface area (Å²) in [5.41, 5.74) is 0.487. The number of rotatable bonds is 4. The number of nitrogens with zero attached hydrogens (tertiary/aromatic N) is 5. The Labute approximate surface area is 169 Å². The first-order chi connectivity index (χ1) is 14.1. The van der Waals surface area contributed by atoms with Crippen LogP contribution in [-0.2, 0) is 11.3 Å². The van der Waals surface area contributed by atoms with E-state index in [4.69, 9.17) is 0 Å². The minimum absolute atomic E-state index is 0.0666. The molecule has 2 amide bonds. The number of amides is 2. The zero-order chi connectivity index (χ0) is 20.2. The number of hydrogen-bond acceptors (Lipinski definition) is 4. The standard InChI is InChI=1S/C22H25N5O2/c1-25(22(29)21-19-8-3-2-6-17(19)9-12-23-21)18-7-4-13-26(15-10-18)20(28)16-27-14-5-11-24-27/h2-3,5-6,8-9,11-12,14,18H,4,7,10,13,15-16H2,1H3/t18-/m1/s1. The Morgan fingerprint density at radius 2 is 1.97 bits per heavy atom. The largest absolute Gasteiger partial charge is 0.341 e. The summed E-state index contributed by atoms with van der Waals surface area (Å²) in [7, 11) is 1.84. The summed E-state index contributed by atoms with van der Waals surface area (Å²) in [5.74, 6) is 0.00201. The molecule has 1 fully saturated rings. The topological polar surface area (TPSA) is 71.3 Å². The first kappa shape index (κ1) is 19.1. The van der Waals surface area contributed by atoms with E-state index in [1.807, 2.05) is 48.3 Å². The number of aromatic nitrogens is 3. The van der Waals surface area contributed by atoms with Gasteiger partial charge in [-0.25, -0.2) is 0 Å². The number of pyridine rings is 1. The zero-order valence-corrected chi connectivity index (χ0v) is 16.6. The molecule has 0 N–H and O–H groups in total. The molecule has 3 heterocycles. The molecule has 0 radical (unpaired) electrons. The van der Waals surface area contributed by atoms with Crippen LogP contribution in [0, 0.1) is 0 Å². The van der Waals surface area contributed by atoms with Crippen LogP contribution in [0.1, 0.15) is 29.8 Å². The van der Waals surface area contributed by atoms with E-state index in [0.717, 1.165) is 30.0 Å². The van der Waals surface area contributed by atoms with Crippen molar-refractivity contribution < 1.29 is 9.59 Å². The Morgan fingerprint density at radius 1 is 1.10 bits per heavy atom. The van der Waals surface area contributed by atoms with E-state index in [0.29, 0.717) is 18.8 Å². The van der Waals surface area contributed by atoms with Crippen LogP contribution < -0.4 is 0 Å². The van der Waals surface area contributed by atoms with E-state index in [1.54, 1.807) is 28.2 Å². The summed E-state index contributed by atoms with van der Waals surface area (Å²) in [5, 5.41) is 5.99. The molecule has 3 aromatic rings. The normalized spacial score (nSPS) is 17.1. The summed E-state index contributed by atoms with van der Waals surface area (Å²) in [4.78, 5) is 33.8. The fraction of sp³-hybridized carbons (Fsp3) is 0.364. The van der Waals surface area contributed by atoms with Crippen molar-refractivity contribution in [3.05, 3.63) is 60.7 Å². The van der Waals surface area contributed by atoms with Gasteiger partial charge in [0, 0.05) is 50.2 Å². The van der Waals surface area contributed by atoms with Gasteiger partial charge in [-0.1, -0.05) is 24.3 Å². The van der Waals surface area contributed by atoms with Crippen molar-refractivity contribution in [1.29, 1.82) is 0 Å². The van der Waals surface area contributed by atoms with E-state index in [1.165, 1.54) is 0 Å². The summed E-state index contributed by atoms with van der Waals surface area (Å²) in [6.45, 7) is 1.61. The molecular formula is C22H25N5O2. The van der Waals surface area contributed by atoms with E-state index < -0.39 is 0 Å². The molecule has 0 aliphatic carbocycles. The number of fused-ring (bicyclic) bond motifs is 1. The molecule has 0 saturated carbocycles. The Morgan fingerprint density at radius 3 is 2.79 bits per heavy atom. The Kier molecular flexibility index (Phi) is 5.55. The maximum atomic E-state index is 13.2. The highest BCUT2D eigenvalue weighted by Crippen LogP contribution is 2.21. The Hall–Kier alpha value is -3.22. The van der Waals surface area contributed by atoms with E-state index in [9.17, 15) is 9.59 Å². The molecule has 7 nitrogen and oxygen atoms in total. The highest BCUT2D eigenvalue weighted by molar-refractivity contribution is 6.05. The third-order valence-electron chi connectivity index (χ3n) is 5.65. The summed E-state index contributed by atoms with van der Waals surface area (Å²) >= 11 is 0. The third kappa shape index (κ3) is 4.13. The van der Waals surface area contributed by atoms with Gasteiger partial charge in [0.05, 0.1) is 0 Å². The Balaban J connectivity index is 1.43. The highest BCUT2D eigenvalue weighted by atomic mass is 16.2. The lowest BCUT2D eigenvalue weighted by atomic mass is 10.1. The molecule has 1 atom stereocenters. The molecule has 7 heteroatoms. The van der Waals surface area contributed by atoms with E-state index in [-0.39, 0.29) is 24.4 Å². The van der Waals surface area contributed by atoms with Gasteiger partial charge in [-0.15, -0.1) is 0 Å².